The van der Waals surface area contributed by atoms with Crippen LogP contribution >= 0.6 is 0 Å². The van der Waals surface area contributed by atoms with E-state index in [-0.39, 0.29) is 35.6 Å². The molecule has 4 rings (SSSR count). The minimum Gasteiger partial charge on any atom is -0.497 e. The summed E-state index contributed by atoms with van der Waals surface area (Å²) in [5.74, 6) is 0.258. The van der Waals surface area contributed by atoms with Gasteiger partial charge in [-0.3, -0.25) is 13.9 Å². The van der Waals surface area contributed by atoms with Crippen molar-refractivity contribution >= 4 is 27.5 Å². The molecule has 0 aromatic heterocycles. The molecule has 1 atom stereocenters. The van der Waals surface area contributed by atoms with Gasteiger partial charge >= 0.3 is 0 Å². The number of ether oxygens (including phenoxy) is 3. The van der Waals surface area contributed by atoms with Crippen LogP contribution in [0.2, 0.25) is 0 Å². The molecule has 4 aromatic rings. The fourth-order valence-electron chi connectivity index (χ4n) is 5.63. The van der Waals surface area contributed by atoms with Gasteiger partial charge in [0, 0.05) is 25.1 Å². The number of nitrogens with one attached hydrogen (secondary N) is 1. The van der Waals surface area contributed by atoms with E-state index >= 15 is 0 Å². The van der Waals surface area contributed by atoms with Crippen molar-refractivity contribution in [1.82, 2.24) is 10.2 Å². The van der Waals surface area contributed by atoms with Crippen molar-refractivity contribution in [2.45, 2.75) is 57.6 Å². The van der Waals surface area contributed by atoms with E-state index in [1.165, 1.54) is 37.3 Å². The molecule has 0 heterocycles. The van der Waals surface area contributed by atoms with Crippen LogP contribution in [-0.4, -0.2) is 65.1 Å². The fraction of sp³-hybridized carbons (Fsp3) is 0.316. The summed E-state index contributed by atoms with van der Waals surface area (Å²) in [5, 5.41) is 2.97. The van der Waals surface area contributed by atoms with Gasteiger partial charge < -0.3 is 24.4 Å². The summed E-state index contributed by atoms with van der Waals surface area (Å²) in [6, 6.07) is 25.1. The summed E-state index contributed by atoms with van der Waals surface area (Å²) in [5.41, 5.74) is 3.51. The zero-order valence-corrected chi connectivity index (χ0v) is 29.9. The number of benzene rings is 4. The standard InChI is InChI=1S/C38H45N3O7S/c1-26(2)39-38(43)34(22-29-12-9-8-10-13-29)40(24-30-14-11-15-32(21-30)46-5)37(42)25-41(31-19-27(3)18-28(4)20-31)49(44,45)33-16-17-35(47-6)36(23-33)48-7/h8-21,23,26,34H,22,24-25H2,1-7H3,(H,39,43). The summed E-state index contributed by atoms with van der Waals surface area (Å²) in [6.45, 7) is 6.87. The van der Waals surface area contributed by atoms with Gasteiger partial charge in [0.1, 0.15) is 18.3 Å². The van der Waals surface area contributed by atoms with E-state index in [1.807, 2.05) is 70.2 Å². The molecule has 10 nitrogen and oxygen atoms in total. The minimum atomic E-state index is -4.35. The highest BCUT2D eigenvalue weighted by Crippen LogP contribution is 2.33. The van der Waals surface area contributed by atoms with Gasteiger partial charge in [0.05, 0.1) is 31.9 Å². The summed E-state index contributed by atoms with van der Waals surface area (Å²) < 4.78 is 46.3. The molecule has 0 aliphatic rings. The van der Waals surface area contributed by atoms with Gasteiger partial charge in [-0.25, -0.2) is 8.42 Å². The molecule has 0 aliphatic carbocycles. The van der Waals surface area contributed by atoms with Crippen molar-refractivity contribution in [3.8, 4) is 17.2 Å². The van der Waals surface area contributed by atoms with E-state index in [1.54, 1.807) is 37.4 Å². The molecule has 260 valence electrons. The number of sulfonamides is 1. The number of amides is 2. The maximum Gasteiger partial charge on any atom is 0.264 e. The SMILES string of the molecule is COc1cccc(CN(C(=O)CN(c2cc(C)cc(C)c2)S(=O)(=O)c2ccc(OC)c(OC)c2)C(Cc2ccccc2)C(=O)NC(C)C)c1. The number of anilines is 1. The first kappa shape index (κ1) is 36.8. The average Bonchev–Trinajstić information content (AvgIpc) is 3.07. The molecule has 0 fully saturated rings. The summed E-state index contributed by atoms with van der Waals surface area (Å²) >= 11 is 0. The van der Waals surface area contributed by atoms with Crippen LogP contribution in [-0.2, 0) is 32.6 Å². The highest BCUT2D eigenvalue weighted by molar-refractivity contribution is 7.92. The first-order valence-corrected chi connectivity index (χ1v) is 17.4. The second-order valence-electron chi connectivity index (χ2n) is 12.1. The molecule has 49 heavy (non-hydrogen) atoms. The Morgan fingerprint density at radius 1 is 0.755 bits per heavy atom. The van der Waals surface area contributed by atoms with Crippen molar-refractivity contribution in [1.29, 1.82) is 0 Å². The largest absolute Gasteiger partial charge is 0.497 e. The Hall–Kier alpha value is -5.03. The molecule has 0 radical (unpaired) electrons. The highest BCUT2D eigenvalue weighted by Gasteiger charge is 2.35. The Balaban J connectivity index is 1.86. The third-order valence-electron chi connectivity index (χ3n) is 7.91. The smallest absolute Gasteiger partial charge is 0.264 e. The second-order valence-corrected chi connectivity index (χ2v) is 14.0. The predicted molar refractivity (Wildman–Crippen MR) is 191 cm³/mol. The lowest BCUT2D eigenvalue weighted by atomic mass is 10.0. The van der Waals surface area contributed by atoms with Crippen LogP contribution in [0.25, 0.3) is 0 Å². The van der Waals surface area contributed by atoms with Crippen LogP contribution in [0.15, 0.2) is 95.9 Å². The van der Waals surface area contributed by atoms with E-state index in [2.05, 4.69) is 5.32 Å². The first-order valence-electron chi connectivity index (χ1n) is 16.0. The number of methoxy groups -OCH3 is 3. The van der Waals surface area contributed by atoms with Crippen molar-refractivity contribution in [2.75, 3.05) is 32.2 Å². The molecule has 0 saturated heterocycles. The third-order valence-corrected chi connectivity index (χ3v) is 9.68. The summed E-state index contributed by atoms with van der Waals surface area (Å²) in [4.78, 5) is 30.0. The maximum atomic E-state index is 14.7. The number of hydrogen-bond acceptors (Lipinski definition) is 7. The van der Waals surface area contributed by atoms with E-state index in [0.29, 0.717) is 22.7 Å². The molecule has 0 saturated carbocycles. The number of carbonyl (C=O) groups excluding carboxylic acids is 2. The number of nitrogens with zero attached hydrogens (tertiary/aromatic N) is 2. The van der Waals surface area contributed by atoms with Crippen molar-refractivity contribution < 1.29 is 32.2 Å². The molecule has 2 amide bonds. The van der Waals surface area contributed by atoms with E-state index < -0.39 is 28.5 Å². The summed E-state index contributed by atoms with van der Waals surface area (Å²) in [7, 11) is 0.0859. The number of carbonyl (C=O) groups is 2. The molecular weight excluding hydrogens is 642 g/mol. The van der Waals surface area contributed by atoms with Gasteiger partial charge in [0.2, 0.25) is 11.8 Å². The van der Waals surface area contributed by atoms with Gasteiger partial charge in [-0.05, 0) is 86.3 Å². The van der Waals surface area contributed by atoms with Crippen LogP contribution in [0.4, 0.5) is 5.69 Å². The lowest BCUT2D eigenvalue weighted by Crippen LogP contribution is -2.54. The van der Waals surface area contributed by atoms with Gasteiger partial charge in [0.25, 0.3) is 10.0 Å². The zero-order chi connectivity index (χ0) is 35.7. The normalized spacial score (nSPS) is 11.8. The number of rotatable bonds is 15. The van der Waals surface area contributed by atoms with Crippen molar-refractivity contribution in [3.63, 3.8) is 0 Å². The highest BCUT2D eigenvalue weighted by atomic mass is 32.2. The van der Waals surface area contributed by atoms with Gasteiger partial charge in [-0.1, -0.05) is 48.5 Å². The van der Waals surface area contributed by atoms with Gasteiger partial charge in [0.15, 0.2) is 11.5 Å². The van der Waals surface area contributed by atoms with Gasteiger partial charge in [-0.2, -0.15) is 0 Å². The molecule has 1 N–H and O–H groups in total. The van der Waals surface area contributed by atoms with Crippen LogP contribution in [0.3, 0.4) is 0 Å². The molecule has 0 bridgehead atoms. The Morgan fingerprint density at radius 2 is 1.41 bits per heavy atom. The van der Waals surface area contributed by atoms with Crippen LogP contribution < -0.4 is 23.8 Å². The average molecular weight is 688 g/mol. The number of hydrogen-bond donors (Lipinski definition) is 1. The first-order chi connectivity index (χ1) is 23.4. The molecule has 0 aliphatic heterocycles. The lowest BCUT2D eigenvalue weighted by molar-refractivity contribution is -0.140. The van der Waals surface area contributed by atoms with Crippen molar-refractivity contribution in [2.24, 2.45) is 0 Å². The van der Waals surface area contributed by atoms with Crippen LogP contribution in [0.1, 0.15) is 36.1 Å². The van der Waals surface area contributed by atoms with Gasteiger partial charge in [-0.15, -0.1) is 0 Å². The molecule has 1 unspecified atom stereocenters. The van der Waals surface area contributed by atoms with Crippen molar-refractivity contribution in [3.05, 3.63) is 113 Å². The quantitative estimate of drug-likeness (QED) is 0.171. The number of aryl methyl sites for hydroxylation is 2. The van der Waals surface area contributed by atoms with Crippen LogP contribution in [0.5, 0.6) is 17.2 Å². The summed E-state index contributed by atoms with van der Waals surface area (Å²) in [6.07, 6.45) is 0.209. The Kier molecular flexibility index (Phi) is 12.3. The zero-order valence-electron chi connectivity index (χ0n) is 29.1. The lowest BCUT2D eigenvalue weighted by Gasteiger charge is -2.34. The topological polar surface area (TPSA) is 114 Å². The third kappa shape index (κ3) is 9.32. The molecule has 11 heteroatoms. The Labute approximate surface area is 289 Å². The second kappa shape index (κ2) is 16.4. The maximum absolute atomic E-state index is 14.7. The predicted octanol–water partition coefficient (Wildman–Crippen LogP) is 5.69. The van der Waals surface area contributed by atoms with Crippen LogP contribution in [0, 0.1) is 13.8 Å². The molecular formula is C38H45N3O7S. The monoisotopic (exact) mass is 687 g/mol. The van der Waals surface area contributed by atoms with E-state index in [9.17, 15) is 18.0 Å². The minimum absolute atomic E-state index is 0.0239. The Bertz CT molecular complexity index is 1840. The van der Waals surface area contributed by atoms with E-state index in [4.69, 9.17) is 14.2 Å². The molecule has 4 aromatic carbocycles. The Morgan fingerprint density at radius 3 is 2.02 bits per heavy atom. The molecule has 0 spiro atoms. The van der Waals surface area contributed by atoms with E-state index in [0.717, 1.165) is 21.0 Å². The fourth-order valence-corrected chi connectivity index (χ4v) is 7.04.